The summed E-state index contributed by atoms with van der Waals surface area (Å²) in [6.45, 7) is 8.60. The number of amides is 1. The van der Waals surface area contributed by atoms with Crippen LogP contribution in [0.3, 0.4) is 0 Å². The lowest BCUT2D eigenvalue weighted by molar-refractivity contribution is 0.103. The molecule has 25 heavy (non-hydrogen) atoms. The Kier molecular flexibility index (Phi) is 5.35. The number of thiazole rings is 1. The molecule has 5 heteroatoms. The van der Waals surface area contributed by atoms with Crippen molar-refractivity contribution < 1.29 is 4.79 Å². The zero-order valence-corrected chi connectivity index (χ0v) is 16.5. The summed E-state index contributed by atoms with van der Waals surface area (Å²) in [6, 6.07) is 10.3. The first-order chi connectivity index (χ1) is 12.0. The van der Waals surface area contributed by atoms with E-state index in [4.69, 9.17) is 0 Å². The third kappa shape index (κ3) is 3.83. The topological polar surface area (TPSA) is 42.0 Å². The van der Waals surface area contributed by atoms with Crippen LogP contribution in [0, 0.1) is 0 Å². The molecule has 1 aromatic carbocycles. The molecule has 0 spiro atoms. The van der Waals surface area contributed by atoms with Gasteiger partial charge in [-0.15, -0.1) is 22.7 Å². The fraction of sp³-hybridized carbons (Fsp3) is 0.300. The molecule has 3 rings (SSSR count). The molecule has 0 radical (unpaired) electrons. The second-order valence-electron chi connectivity index (χ2n) is 6.58. The van der Waals surface area contributed by atoms with Gasteiger partial charge in [0.2, 0.25) is 0 Å². The summed E-state index contributed by atoms with van der Waals surface area (Å²) >= 11 is 3.07. The van der Waals surface area contributed by atoms with Crippen LogP contribution < -0.4 is 5.32 Å². The molecule has 0 saturated heterocycles. The lowest BCUT2D eigenvalue weighted by atomic mass is 9.92. The third-order valence-electron chi connectivity index (χ3n) is 4.07. The number of benzene rings is 1. The number of thiophene rings is 1. The van der Waals surface area contributed by atoms with Gasteiger partial charge in [-0.25, -0.2) is 4.98 Å². The number of carbonyl (C=O) groups excluding carboxylic acids is 1. The van der Waals surface area contributed by atoms with Gasteiger partial charge in [-0.1, -0.05) is 52.0 Å². The van der Waals surface area contributed by atoms with Crippen molar-refractivity contribution in [2.24, 2.45) is 0 Å². The fourth-order valence-electron chi connectivity index (χ4n) is 2.76. The van der Waals surface area contributed by atoms with Crippen LogP contribution in [0.15, 0.2) is 41.9 Å². The van der Waals surface area contributed by atoms with Gasteiger partial charge in [0.05, 0.1) is 11.1 Å². The summed E-state index contributed by atoms with van der Waals surface area (Å²) < 4.78 is 0. The standard InChI is InChI=1S/C20H22N2OS2/c1-12(2)14-7-5-8-15(13(3)4)18(14)22-19(23)17-11-21-20(25-17)16-9-6-10-24-16/h5-13H,1-4H3,(H,22,23). The van der Waals surface area contributed by atoms with Crippen molar-refractivity contribution in [3.05, 3.63) is 57.9 Å². The molecule has 0 atom stereocenters. The van der Waals surface area contributed by atoms with Gasteiger partial charge >= 0.3 is 0 Å². The molecule has 1 amide bonds. The highest BCUT2D eigenvalue weighted by atomic mass is 32.1. The first kappa shape index (κ1) is 17.8. The van der Waals surface area contributed by atoms with Crippen LogP contribution in [-0.2, 0) is 0 Å². The Morgan fingerprint density at radius 3 is 2.28 bits per heavy atom. The monoisotopic (exact) mass is 370 g/mol. The largest absolute Gasteiger partial charge is 0.321 e. The van der Waals surface area contributed by atoms with Gasteiger partial charge in [0.15, 0.2) is 0 Å². The minimum atomic E-state index is -0.0877. The van der Waals surface area contributed by atoms with E-state index >= 15 is 0 Å². The number of carbonyl (C=O) groups is 1. The maximum atomic E-state index is 12.8. The van der Waals surface area contributed by atoms with Crippen molar-refractivity contribution >= 4 is 34.3 Å². The number of rotatable bonds is 5. The van der Waals surface area contributed by atoms with Gasteiger partial charge in [-0.2, -0.15) is 0 Å². The zero-order valence-electron chi connectivity index (χ0n) is 14.9. The first-order valence-electron chi connectivity index (χ1n) is 8.41. The molecule has 0 bridgehead atoms. The smallest absolute Gasteiger partial charge is 0.267 e. The molecule has 3 nitrogen and oxygen atoms in total. The van der Waals surface area contributed by atoms with E-state index in [9.17, 15) is 4.79 Å². The second-order valence-corrected chi connectivity index (χ2v) is 8.56. The summed E-state index contributed by atoms with van der Waals surface area (Å²) in [7, 11) is 0. The Hall–Kier alpha value is -1.98. The van der Waals surface area contributed by atoms with E-state index in [1.807, 2.05) is 17.5 Å². The lowest BCUT2D eigenvalue weighted by Gasteiger charge is -2.19. The Morgan fingerprint density at radius 2 is 1.72 bits per heavy atom. The quantitative estimate of drug-likeness (QED) is 0.567. The SMILES string of the molecule is CC(C)c1cccc(C(C)C)c1NC(=O)c1cnc(-c2cccs2)s1. The van der Waals surface area contributed by atoms with Crippen molar-refractivity contribution in [1.82, 2.24) is 4.98 Å². The van der Waals surface area contributed by atoms with Crippen LogP contribution in [0.1, 0.15) is 60.3 Å². The van der Waals surface area contributed by atoms with E-state index in [2.05, 4.69) is 56.2 Å². The number of hydrogen-bond acceptors (Lipinski definition) is 4. The van der Waals surface area contributed by atoms with E-state index in [0.717, 1.165) is 15.6 Å². The number of anilines is 1. The maximum absolute atomic E-state index is 12.8. The van der Waals surface area contributed by atoms with Gasteiger partial charge in [0, 0.05) is 5.69 Å². The molecule has 2 heterocycles. The molecule has 0 aliphatic heterocycles. The number of para-hydroxylation sites is 1. The van der Waals surface area contributed by atoms with Gasteiger partial charge in [0.25, 0.3) is 5.91 Å². The molecular formula is C20H22N2OS2. The Morgan fingerprint density at radius 1 is 1.04 bits per heavy atom. The summed E-state index contributed by atoms with van der Waals surface area (Å²) in [5, 5.41) is 6.06. The summed E-state index contributed by atoms with van der Waals surface area (Å²) in [6.07, 6.45) is 1.67. The van der Waals surface area contributed by atoms with Gasteiger partial charge < -0.3 is 5.32 Å². The minimum absolute atomic E-state index is 0.0877. The molecule has 1 N–H and O–H groups in total. The molecule has 0 aliphatic rings. The van der Waals surface area contributed by atoms with E-state index in [-0.39, 0.29) is 5.91 Å². The molecule has 0 unspecified atom stereocenters. The Bertz CT molecular complexity index is 837. The highest BCUT2D eigenvalue weighted by Crippen LogP contribution is 2.34. The number of nitrogens with one attached hydrogen (secondary N) is 1. The van der Waals surface area contributed by atoms with E-state index in [1.165, 1.54) is 22.5 Å². The average Bonchev–Trinajstić information content (AvgIpc) is 3.25. The molecule has 0 fully saturated rings. The first-order valence-corrected chi connectivity index (χ1v) is 10.1. The molecule has 0 aliphatic carbocycles. The van der Waals surface area contributed by atoms with E-state index in [1.54, 1.807) is 17.5 Å². The Balaban J connectivity index is 1.91. The fourth-order valence-corrected chi connectivity index (χ4v) is 4.38. The lowest BCUT2D eigenvalue weighted by Crippen LogP contribution is -2.14. The van der Waals surface area contributed by atoms with Gasteiger partial charge in [-0.05, 0) is 34.4 Å². The zero-order chi connectivity index (χ0) is 18.0. The van der Waals surface area contributed by atoms with Crippen molar-refractivity contribution in [2.75, 3.05) is 5.32 Å². The van der Waals surface area contributed by atoms with Crippen LogP contribution in [0.25, 0.3) is 9.88 Å². The Labute approximate surface area is 156 Å². The van der Waals surface area contributed by atoms with Gasteiger partial charge in [-0.3, -0.25) is 4.79 Å². The predicted octanol–water partition coefficient (Wildman–Crippen LogP) is 6.37. The van der Waals surface area contributed by atoms with Crippen molar-refractivity contribution in [1.29, 1.82) is 0 Å². The second kappa shape index (κ2) is 7.50. The third-order valence-corrected chi connectivity index (χ3v) is 6.11. The molecule has 130 valence electrons. The average molecular weight is 371 g/mol. The highest BCUT2D eigenvalue weighted by Gasteiger charge is 2.18. The van der Waals surface area contributed by atoms with Crippen molar-refractivity contribution in [3.63, 3.8) is 0 Å². The summed E-state index contributed by atoms with van der Waals surface area (Å²) in [5.41, 5.74) is 3.29. The van der Waals surface area contributed by atoms with Crippen molar-refractivity contribution in [2.45, 2.75) is 39.5 Å². The van der Waals surface area contributed by atoms with Crippen LogP contribution in [0.2, 0.25) is 0 Å². The van der Waals surface area contributed by atoms with Gasteiger partial charge in [0.1, 0.15) is 9.88 Å². The summed E-state index contributed by atoms with van der Waals surface area (Å²) in [5.74, 6) is 0.601. The maximum Gasteiger partial charge on any atom is 0.267 e. The number of aromatic nitrogens is 1. The van der Waals surface area contributed by atoms with E-state index < -0.39 is 0 Å². The summed E-state index contributed by atoms with van der Waals surface area (Å²) in [4.78, 5) is 18.9. The van der Waals surface area contributed by atoms with Crippen molar-refractivity contribution in [3.8, 4) is 9.88 Å². The normalized spacial score (nSPS) is 11.3. The minimum Gasteiger partial charge on any atom is -0.321 e. The molecule has 2 aromatic heterocycles. The molecular weight excluding hydrogens is 348 g/mol. The van der Waals surface area contributed by atoms with Crippen LogP contribution in [0.4, 0.5) is 5.69 Å². The highest BCUT2D eigenvalue weighted by molar-refractivity contribution is 7.22. The van der Waals surface area contributed by atoms with Crippen LogP contribution in [-0.4, -0.2) is 10.9 Å². The predicted molar refractivity (Wildman–Crippen MR) is 108 cm³/mol. The van der Waals surface area contributed by atoms with Crippen LogP contribution >= 0.6 is 22.7 Å². The van der Waals surface area contributed by atoms with E-state index in [0.29, 0.717) is 16.7 Å². The number of hydrogen-bond donors (Lipinski definition) is 1. The molecule has 0 saturated carbocycles. The van der Waals surface area contributed by atoms with Crippen LogP contribution in [0.5, 0.6) is 0 Å². The molecule has 3 aromatic rings. The number of nitrogens with zero attached hydrogens (tertiary/aromatic N) is 1.